The lowest BCUT2D eigenvalue weighted by molar-refractivity contribution is -0.113. The van der Waals surface area contributed by atoms with Gasteiger partial charge in [0.25, 0.3) is 5.91 Å². The molecule has 0 aliphatic carbocycles. The van der Waals surface area contributed by atoms with Crippen LogP contribution in [0, 0.1) is 0 Å². The highest BCUT2D eigenvalue weighted by molar-refractivity contribution is 8.27. The third-order valence-corrected chi connectivity index (χ3v) is 9.70. The van der Waals surface area contributed by atoms with Gasteiger partial charge in [0.2, 0.25) is 0 Å². The maximum absolute atomic E-state index is 13.3. The van der Waals surface area contributed by atoms with Crippen molar-refractivity contribution in [3.05, 3.63) is 83.3 Å². The summed E-state index contributed by atoms with van der Waals surface area (Å²) in [6.07, 6.45) is 5.04. The molecular weight excluding hydrogens is 603 g/mol. The summed E-state index contributed by atoms with van der Waals surface area (Å²) in [7, 11) is -1.10. The van der Waals surface area contributed by atoms with E-state index in [1.807, 2.05) is 42.5 Å². The fourth-order valence-electron chi connectivity index (χ4n) is 4.78. The number of hydrogen-bond donors (Lipinski definition) is 0. The summed E-state index contributed by atoms with van der Waals surface area (Å²) in [6.45, 7) is 6.23. The van der Waals surface area contributed by atoms with Crippen molar-refractivity contribution in [2.45, 2.75) is 17.7 Å². The van der Waals surface area contributed by atoms with Gasteiger partial charge < -0.3 is 19.3 Å². The van der Waals surface area contributed by atoms with Gasteiger partial charge in [0.15, 0.2) is 14.2 Å². The van der Waals surface area contributed by atoms with E-state index >= 15 is 0 Å². The second kappa shape index (κ2) is 14.0. The molecule has 2 heterocycles. The molecule has 3 aromatic carbocycles. The minimum atomic E-state index is -3.27. The highest BCUT2D eigenvalue weighted by Crippen LogP contribution is 2.37. The zero-order valence-corrected chi connectivity index (χ0v) is 26.7. The Hall–Kier alpha value is -3.22. The molecule has 0 spiro atoms. The molecule has 2 aliphatic rings. The van der Waals surface area contributed by atoms with Crippen molar-refractivity contribution in [1.29, 1.82) is 0 Å². The topological polar surface area (TPSA) is 79.4 Å². The highest BCUT2D eigenvalue weighted by Gasteiger charge is 2.33. The average molecular weight is 638 g/mol. The molecule has 0 aromatic heterocycles. The molecule has 8 nitrogen and oxygen atoms in total. The van der Waals surface area contributed by atoms with E-state index in [-0.39, 0.29) is 10.8 Å². The van der Waals surface area contributed by atoms with E-state index in [0.29, 0.717) is 33.0 Å². The van der Waals surface area contributed by atoms with Crippen molar-refractivity contribution >= 4 is 55.8 Å². The number of thioether (sulfide) groups is 1. The number of likely N-dealkylation sites (N-methyl/N-ethyl adjacent to an activating group) is 1. The summed E-state index contributed by atoms with van der Waals surface area (Å²) in [5, 5.41) is 0. The largest absolute Gasteiger partial charge is 0.494 e. The zero-order chi connectivity index (χ0) is 30.4. The van der Waals surface area contributed by atoms with Gasteiger partial charge in [-0.05, 0) is 86.6 Å². The summed E-state index contributed by atoms with van der Waals surface area (Å²) in [6, 6.07) is 21.1. The van der Waals surface area contributed by atoms with Gasteiger partial charge in [0.1, 0.15) is 17.2 Å². The number of sulfone groups is 1. The third kappa shape index (κ3) is 8.45. The number of carbonyl (C=O) groups is 1. The predicted octanol–water partition coefficient (Wildman–Crippen LogP) is 5.69. The van der Waals surface area contributed by atoms with Crippen molar-refractivity contribution in [2.75, 3.05) is 57.5 Å². The molecule has 5 rings (SSSR count). The summed E-state index contributed by atoms with van der Waals surface area (Å²) in [5.41, 5.74) is 1.51. The normalized spacial score (nSPS) is 17.5. The number of anilines is 1. The maximum atomic E-state index is 13.3. The molecule has 0 unspecified atom stereocenters. The Morgan fingerprint density at radius 3 is 2.26 bits per heavy atom. The number of carbonyl (C=O) groups excluding carboxylic acids is 1. The molecule has 0 saturated carbocycles. The van der Waals surface area contributed by atoms with Crippen LogP contribution >= 0.6 is 24.0 Å². The van der Waals surface area contributed by atoms with Gasteiger partial charge >= 0.3 is 0 Å². The van der Waals surface area contributed by atoms with E-state index in [4.69, 9.17) is 21.7 Å². The van der Waals surface area contributed by atoms with E-state index in [2.05, 4.69) is 16.8 Å². The summed E-state index contributed by atoms with van der Waals surface area (Å²) < 4.78 is 35.6. The Balaban J connectivity index is 1.15. The number of piperazine rings is 1. The molecule has 0 bridgehead atoms. The number of rotatable bonds is 11. The van der Waals surface area contributed by atoms with Crippen molar-refractivity contribution in [1.82, 2.24) is 9.80 Å². The smallest absolute Gasteiger partial charge is 0.270 e. The van der Waals surface area contributed by atoms with Crippen LogP contribution in [-0.2, 0) is 14.6 Å². The first-order chi connectivity index (χ1) is 20.7. The van der Waals surface area contributed by atoms with Crippen LogP contribution in [0.1, 0.15) is 18.4 Å². The number of benzene rings is 3. The Morgan fingerprint density at radius 1 is 0.907 bits per heavy atom. The van der Waals surface area contributed by atoms with E-state index in [9.17, 15) is 13.2 Å². The van der Waals surface area contributed by atoms with Gasteiger partial charge in [-0.2, -0.15) is 0 Å². The van der Waals surface area contributed by atoms with Gasteiger partial charge in [0.05, 0.1) is 22.1 Å². The van der Waals surface area contributed by atoms with Gasteiger partial charge in [-0.15, -0.1) is 0 Å². The van der Waals surface area contributed by atoms with Crippen LogP contribution in [0.3, 0.4) is 0 Å². The maximum Gasteiger partial charge on any atom is 0.270 e. The van der Waals surface area contributed by atoms with Gasteiger partial charge in [-0.3, -0.25) is 9.69 Å². The first-order valence-electron chi connectivity index (χ1n) is 14.2. The Morgan fingerprint density at radius 2 is 1.58 bits per heavy atom. The molecule has 226 valence electrons. The van der Waals surface area contributed by atoms with Crippen LogP contribution in [-0.4, -0.2) is 81.1 Å². The minimum Gasteiger partial charge on any atom is -0.494 e. The molecule has 11 heteroatoms. The van der Waals surface area contributed by atoms with Crippen molar-refractivity contribution in [3.63, 3.8) is 0 Å². The predicted molar refractivity (Wildman–Crippen MR) is 177 cm³/mol. The van der Waals surface area contributed by atoms with Crippen molar-refractivity contribution in [2.24, 2.45) is 0 Å². The Kier molecular flexibility index (Phi) is 10.2. The van der Waals surface area contributed by atoms with Gasteiger partial charge in [-0.25, -0.2) is 8.42 Å². The van der Waals surface area contributed by atoms with Crippen LogP contribution < -0.4 is 14.4 Å². The second-order valence-electron chi connectivity index (χ2n) is 10.6. The van der Waals surface area contributed by atoms with Crippen molar-refractivity contribution < 1.29 is 22.7 Å². The molecule has 3 aromatic rings. The SMILES string of the molecule is CN1CCN(CCCCOc2cccc(N3C(=O)C(=Cc4ccc(Oc5ccc(S(C)(=O)=O)cc5)cc4)SC3=S)c2)CC1. The van der Waals surface area contributed by atoms with Gasteiger partial charge in [-0.1, -0.05) is 42.2 Å². The number of amides is 1. The molecule has 2 saturated heterocycles. The zero-order valence-electron chi connectivity index (χ0n) is 24.3. The number of hydrogen-bond acceptors (Lipinski definition) is 9. The lowest BCUT2D eigenvalue weighted by atomic mass is 10.2. The number of unbranched alkanes of at least 4 members (excludes halogenated alkanes) is 1. The van der Waals surface area contributed by atoms with Crippen LogP contribution in [0.25, 0.3) is 6.08 Å². The highest BCUT2D eigenvalue weighted by atomic mass is 32.2. The quantitative estimate of drug-likeness (QED) is 0.150. The fourth-order valence-corrected chi connectivity index (χ4v) is 6.71. The molecule has 2 aliphatic heterocycles. The summed E-state index contributed by atoms with van der Waals surface area (Å²) >= 11 is 6.84. The number of thiocarbonyl (C=S) groups is 1. The van der Waals surface area contributed by atoms with Crippen LogP contribution in [0.4, 0.5) is 5.69 Å². The standard InChI is InChI=1S/C32H35N3O5S3/c1-33-17-19-34(20-18-33)16-3-4-21-39-28-7-5-6-25(23-28)35-31(36)30(42-32(35)41)22-24-8-10-26(11-9-24)40-27-12-14-29(15-13-27)43(2,37)38/h5-15,22-23H,3-4,16-21H2,1-2H3. The van der Waals surface area contributed by atoms with E-state index in [1.54, 1.807) is 29.2 Å². The Labute approximate surface area is 263 Å². The third-order valence-electron chi connectivity index (χ3n) is 7.27. The lowest BCUT2D eigenvalue weighted by Gasteiger charge is -2.32. The first kappa shape index (κ1) is 31.2. The molecule has 0 N–H and O–H groups in total. The molecule has 43 heavy (non-hydrogen) atoms. The summed E-state index contributed by atoms with van der Waals surface area (Å²) in [4.78, 5) is 20.5. The molecular formula is C32H35N3O5S3. The monoisotopic (exact) mass is 637 g/mol. The van der Waals surface area contributed by atoms with E-state index in [1.165, 1.54) is 30.2 Å². The average Bonchev–Trinajstić information content (AvgIpc) is 3.26. The Bertz CT molecular complexity index is 1580. The van der Waals surface area contributed by atoms with Crippen LogP contribution in [0.15, 0.2) is 82.6 Å². The van der Waals surface area contributed by atoms with Crippen LogP contribution in [0.5, 0.6) is 17.2 Å². The number of ether oxygens (including phenoxy) is 2. The lowest BCUT2D eigenvalue weighted by Crippen LogP contribution is -2.44. The molecule has 1 amide bonds. The second-order valence-corrected chi connectivity index (χ2v) is 14.3. The van der Waals surface area contributed by atoms with Crippen molar-refractivity contribution in [3.8, 4) is 17.2 Å². The first-order valence-corrected chi connectivity index (χ1v) is 17.3. The molecule has 2 fully saturated rings. The number of nitrogens with zero attached hydrogens (tertiary/aromatic N) is 3. The van der Waals surface area contributed by atoms with E-state index < -0.39 is 9.84 Å². The molecule has 0 atom stereocenters. The van der Waals surface area contributed by atoms with E-state index in [0.717, 1.165) is 56.9 Å². The summed E-state index contributed by atoms with van der Waals surface area (Å²) in [5.74, 6) is 1.66. The minimum absolute atomic E-state index is 0.175. The van der Waals surface area contributed by atoms with Gasteiger partial charge in [0, 0.05) is 38.5 Å². The fraction of sp³-hybridized carbons (Fsp3) is 0.312. The molecule has 0 radical (unpaired) electrons. The van der Waals surface area contributed by atoms with Crippen LogP contribution in [0.2, 0.25) is 0 Å².